The minimum absolute atomic E-state index is 0.0401. The van der Waals surface area contributed by atoms with Crippen molar-refractivity contribution in [2.75, 3.05) is 7.11 Å². The van der Waals surface area contributed by atoms with Crippen molar-refractivity contribution < 1.29 is 18.7 Å². The third kappa shape index (κ3) is 2.41. The van der Waals surface area contributed by atoms with Gasteiger partial charge in [0, 0.05) is 18.1 Å². The van der Waals surface area contributed by atoms with E-state index in [0.717, 1.165) is 6.07 Å². The number of hydrogen-bond donors (Lipinski definition) is 2. The number of rotatable bonds is 3. The van der Waals surface area contributed by atoms with Gasteiger partial charge >= 0.3 is 5.97 Å². The van der Waals surface area contributed by atoms with Gasteiger partial charge in [-0.25, -0.2) is 14.3 Å². The number of esters is 1. The lowest BCUT2D eigenvalue weighted by atomic mass is 10.1. The molecule has 0 aromatic heterocycles. The first-order valence-corrected chi connectivity index (χ1v) is 6.71. The second kappa shape index (κ2) is 5.61. The summed E-state index contributed by atoms with van der Waals surface area (Å²) in [4.78, 5) is 35.0. The van der Waals surface area contributed by atoms with E-state index in [-0.39, 0.29) is 22.4 Å². The van der Waals surface area contributed by atoms with Crippen LogP contribution in [0.5, 0.6) is 0 Å². The predicted octanol–water partition coefficient (Wildman–Crippen LogP) is 0.690. The number of nitrogens with zero attached hydrogens (tertiary/aromatic N) is 2. The number of amides is 1. The van der Waals surface area contributed by atoms with Crippen molar-refractivity contribution in [1.29, 1.82) is 0 Å². The number of hydrogen-bond acceptors (Lipinski definition) is 5. The van der Waals surface area contributed by atoms with Crippen molar-refractivity contribution in [3.05, 3.63) is 57.9 Å². The second-order valence-electron chi connectivity index (χ2n) is 4.91. The average molecular weight is 330 g/mol. The molecule has 0 bridgehead atoms. The number of pyridine rings is 1. The molecule has 0 saturated heterocycles. The van der Waals surface area contributed by atoms with Crippen LogP contribution in [-0.4, -0.2) is 33.8 Å². The molecule has 2 aliphatic rings. The lowest BCUT2D eigenvalue weighted by Crippen LogP contribution is -2.15. The Balaban J connectivity index is 2.27. The molecular weight excluding hydrogens is 319 g/mol. The van der Waals surface area contributed by atoms with Gasteiger partial charge in [-0.3, -0.25) is 9.59 Å². The highest BCUT2D eigenvalue weighted by atomic mass is 19.1. The number of methoxy groups -OCH3 is 1. The molecule has 1 aromatic carbocycles. The van der Waals surface area contributed by atoms with Crippen LogP contribution in [0, 0.1) is 5.82 Å². The molecule has 0 radical (unpaired) electrons. The standard InChI is InChI=1S/C15H11FN4O4/c1-24-15(23)10-6-20(5-9-12(10)18-19-14(9)22)7-2-3-11(16)8(4-7)13(17)21/h2-6H,1H3,(H2,17,21)(H,19,22). The van der Waals surface area contributed by atoms with E-state index in [9.17, 15) is 18.8 Å². The van der Waals surface area contributed by atoms with Crippen LogP contribution < -0.4 is 11.3 Å². The number of nitrogens with two attached hydrogens (primary N) is 1. The third-order valence-electron chi connectivity index (χ3n) is 3.48. The highest BCUT2D eigenvalue weighted by molar-refractivity contribution is 5.96. The van der Waals surface area contributed by atoms with E-state index in [4.69, 9.17) is 5.73 Å². The highest BCUT2D eigenvalue weighted by Crippen LogP contribution is 2.23. The molecule has 8 nitrogen and oxygen atoms in total. The Morgan fingerprint density at radius 2 is 2.04 bits per heavy atom. The van der Waals surface area contributed by atoms with E-state index in [1.54, 1.807) is 0 Å². The molecule has 0 spiro atoms. The predicted molar refractivity (Wildman–Crippen MR) is 80.6 cm³/mol. The Kier molecular flexibility index (Phi) is 3.60. The number of H-pyrrole nitrogens is 1. The SMILES string of the molecule is COC(=O)c1cn(-c2ccc(F)c(C(N)=O)c2)cc2c(=O)[nH]nc1-2. The Labute approximate surface area is 134 Å². The topological polar surface area (TPSA) is 120 Å². The molecule has 1 amide bonds. The van der Waals surface area contributed by atoms with Crippen molar-refractivity contribution in [3.8, 4) is 16.9 Å². The van der Waals surface area contributed by atoms with Gasteiger partial charge in [0.25, 0.3) is 11.5 Å². The van der Waals surface area contributed by atoms with Crippen LogP contribution in [0.1, 0.15) is 20.7 Å². The smallest absolute Gasteiger partial charge is 0.341 e. The zero-order chi connectivity index (χ0) is 17.4. The summed E-state index contributed by atoms with van der Waals surface area (Å²) < 4.78 is 19.7. The zero-order valence-electron chi connectivity index (χ0n) is 12.4. The molecule has 2 heterocycles. The first kappa shape index (κ1) is 15.4. The molecule has 3 rings (SSSR count). The summed E-state index contributed by atoms with van der Waals surface area (Å²) in [5.41, 5.74) is 4.99. The fourth-order valence-electron chi connectivity index (χ4n) is 2.31. The maximum Gasteiger partial charge on any atom is 0.341 e. The van der Waals surface area contributed by atoms with Gasteiger partial charge in [-0.15, -0.1) is 0 Å². The minimum Gasteiger partial charge on any atom is -0.465 e. The Morgan fingerprint density at radius 1 is 1.29 bits per heavy atom. The first-order chi connectivity index (χ1) is 11.4. The lowest BCUT2D eigenvalue weighted by molar-refractivity contribution is 0.0600. The van der Waals surface area contributed by atoms with Crippen LogP contribution in [0.15, 0.2) is 35.4 Å². The Morgan fingerprint density at radius 3 is 2.71 bits per heavy atom. The Bertz CT molecular complexity index is 991. The molecule has 2 aliphatic heterocycles. The van der Waals surface area contributed by atoms with Gasteiger partial charge in [0.2, 0.25) is 0 Å². The molecule has 3 N–H and O–H groups in total. The summed E-state index contributed by atoms with van der Waals surface area (Å²) in [7, 11) is 1.19. The van der Waals surface area contributed by atoms with Crippen LogP contribution in [0.3, 0.4) is 0 Å². The average Bonchev–Trinajstić information content (AvgIpc) is 2.94. The van der Waals surface area contributed by atoms with Crippen LogP contribution in [-0.2, 0) is 4.74 Å². The number of carbonyl (C=O) groups is 2. The van der Waals surface area contributed by atoms with Gasteiger partial charge in [-0.05, 0) is 18.2 Å². The number of aromatic nitrogens is 3. The van der Waals surface area contributed by atoms with Gasteiger partial charge in [-0.1, -0.05) is 0 Å². The van der Waals surface area contributed by atoms with Crippen LogP contribution >= 0.6 is 0 Å². The zero-order valence-corrected chi connectivity index (χ0v) is 12.4. The second-order valence-corrected chi connectivity index (χ2v) is 4.91. The molecule has 0 saturated carbocycles. The van der Waals surface area contributed by atoms with E-state index in [1.165, 1.54) is 36.2 Å². The molecule has 9 heteroatoms. The summed E-state index contributed by atoms with van der Waals surface area (Å²) in [6, 6.07) is 3.66. The number of benzene rings is 1. The maximum atomic E-state index is 13.6. The van der Waals surface area contributed by atoms with E-state index in [0.29, 0.717) is 5.69 Å². The number of primary amides is 1. The van der Waals surface area contributed by atoms with E-state index in [2.05, 4.69) is 14.9 Å². The molecule has 0 unspecified atom stereocenters. The molecular formula is C15H11FN4O4. The molecule has 0 aliphatic carbocycles. The third-order valence-corrected chi connectivity index (χ3v) is 3.48. The lowest BCUT2D eigenvalue weighted by Gasteiger charge is -2.12. The van der Waals surface area contributed by atoms with Crippen molar-refractivity contribution in [2.24, 2.45) is 5.73 Å². The molecule has 122 valence electrons. The van der Waals surface area contributed by atoms with Crippen LogP contribution in [0.25, 0.3) is 16.9 Å². The highest BCUT2D eigenvalue weighted by Gasteiger charge is 2.22. The summed E-state index contributed by atoms with van der Waals surface area (Å²) in [5.74, 6) is -2.40. The molecule has 1 aromatic rings. The fourth-order valence-corrected chi connectivity index (χ4v) is 2.31. The summed E-state index contributed by atoms with van der Waals surface area (Å²) in [5, 5.41) is 6.05. The first-order valence-electron chi connectivity index (χ1n) is 6.71. The van der Waals surface area contributed by atoms with E-state index < -0.39 is 23.3 Å². The largest absolute Gasteiger partial charge is 0.465 e. The number of carbonyl (C=O) groups excluding carboxylic acids is 2. The van der Waals surface area contributed by atoms with Gasteiger partial charge in [0.05, 0.1) is 18.2 Å². The summed E-state index contributed by atoms with van der Waals surface area (Å²) in [6.07, 6.45) is 2.78. The monoisotopic (exact) mass is 330 g/mol. The van der Waals surface area contributed by atoms with Gasteiger partial charge in [0.1, 0.15) is 17.1 Å². The van der Waals surface area contributed by atoms with Crippen LogP contribution in [0.4, 0.5) is 4.39 Å². The quantitative estimate of drug-likeness (QED) is 0.685. The minimum atomic E-state index is -0.933. The normalized spacial score (nSPS) is 10.8. The summed E-state index contributed by atoms with van der Waals surface area (Å²) in [6.45, 7) is 0. The maximum absolute atomic E-state index is 13.6. The number of aromatic amines is 1. The number of halogens is 1. The summed E-state index contributed by atoms with van der Waals surface area (Å²) >= 11 is 0. The number of ether oxygens (including phenoxy) is 1. The fraction of sp³-hybridized carbons (Fsp3) is 0.0667. The van der Waals surface area contributed by atoms with E-state index >= 15 is 0 Å². The molecule has 24 heavy (non-hydrogen) atoms. The van der Waals surface area contributed by atoms with Crippen molar-refractivity contribution in [1.82, 2.24) is 14.8 Å². The van der Waals surface area contributed by atoms with Gasteiger partial charge in [0.15, 0.2) is 0 Å². The van der Waals surface area contributed by atoms with Crippen molar-refractivity contribution >= 4 is 11.9 Å². The van der Waals surface area contributed by atoms with Crippen molar-refractivity contribution in [3.63, 3.8) is 0 Å². The van der Waals surface area contributed by atoms with Gasteiger partial charge < -0.3 is 15.0 Å². The molecule has 0 fully saturated rings. The van der Waals surface area contributed by atoms with Gasteiger partial charge in [-0.2, -0.15) is 5.10 Å². The van der Waals surface area contributed by atoms with Crippen LogP contribution in [0.2, 0.25) is 0 Å². The Hall–Kier alpha value is -3.49. The molecule has 0 atom stereocenters. The number of fused-ring (bicyclic) bond motifs is 1. The van der Waals surface area contributed by atoms with E-state index in [1.807, 2.05) is 0 Å². The van der Waals surface area contributed by atoms with Crippen molar-refractivity contribution in [2.45, 2.75) is 0 Å². The number of nitrogens with one attached hydrogen (secondary N) is 1.